The third-order valence-electron chi connectivity index (χ3n) is 4.10. The average Bonchev–Trinajstić information content (AvgIpc) is 2.69. The van der Waals surface area contributed by atoms with Gasteiger partial charge in [0, 0.05) is 19.9 Å². The van der Waals surface area contributed by atoms with Crippen molar-refractivity contribution in [3.8, 4) is 17.0 Å². The Morgan fingerprint density at radius 2 is 1.44 bits per heavy atom. The first-order chi connectivity index (χ1) is 13.1. The topological polar surface area (TPSA) is 39.2 Å². The van der Waals surface area contributed by atoms with Gasteiger partial charge < -0.3 is 4.74 Å². The van der Waals surface area contributed by atoms with Crippen LogP contribution >= 0.6 is 31.9 Å². The minimum atomic E-state index is -0.408. The molecule has 0 aliphatic heterocycles. The molecule has 27 heavy (non-hydrogen) atoms. The van der Waals surface area contributed by atoms with Crippen molar-refractivity contribution in [1.29, 1.82) is 0 Å². The molecule has 132 valence electrons. The minimum absolute atomic E-state index is 0.408. The predicted molar refractivity (Wildman–Crippen MR) is 114 cm³/mol. The third kappa shape index (κ3) is 3.94. The lowest BCUT2D eigenvalue weighted by molar-refractivity contribution is 0.0737. The van der Waals surface area contributed by atoms with E-state index in [4.69, 9.17) is 9.72 Å². The van der Waals surface area contributed by atoms with Gasteiger partial charge in [-0.3, -0.25) is 0 Å². The van der Waals surface area contributed by atoms with Crippen LogP contribution in [0.5, 0.6) is 5.75 Å². The van der Waals surface area contributed by atoms with Crippen molar-refractivity contribution in [1.82, 2.24) is 4.98 Å². The minimum Gasteiger partial charge on any atom is -0.423 e. The van der Waals surface area contributed by atoms with Crippen molar-refractivity contribution < 1.29 is 9.53 Å². The number of carbonyl (C=O) groups is 1. The summed E-state index contributed by atoms with van der Waals surface area (Å²) in [5.41, 5.74) is 2.90. The molecule has 0 aliphatic carbocycles. The van der Waals surface area contributed by atoms with E-state index in [9.17, 15) is 4.79 Å². The van der Waals surface area contributed by atoms with Crippen LogP contribution in [0, 0.1) is 0 Å². The Morgan fingerprint density at radius 3 is 2.15 bits per heavy atom. The number of nitrogens with zero attached hydrogens (tertiary/aromatic N) is 1. The molecule has 0 saturated heterocycles. The summed E-state index contributed by atoms with van der Waals surface area (Å²) in [4.78, 5) is 17.6. The summed E-state index contributed by atoms with van der Waals surface area (Å²) in [6.45, 7) is 0. The molecule has 1 aromatic heterocycles. The Balaban J connectivity index is 1.79. The second kappa shape index (κ2) is 7.62. The molecule has 4 rings (SSSR count). The molecule has 0 aliphatic rings. The van der Waals surface area contributed by atoms with E-state index >= 15 is 0 Å². The Morgan fingerprint density at radius 1 is 0.815 bits per heavy atom. The third-order valence-corrected chi connectivity index (χ3v) is 5.16. The summed E-state index contributed by atoms with van der Waals surface area (Å²) in [6, 6.07) is 24.4. The van der Waals surface area contributed by atoms with Gasteiger partial charge in [-0.25, -0.2) is 9.78 Å². The lowest BCUT2D eigenvalue weighted by Gasteiger charge is -2.10. The van der Waals surface area contributed by atoms with Gasteiger partial charge in [0.1, 0.15) is 5.75 Å². The van der Waals surface area contributed by atoms with Crippen LogP contribution in [0.4, 0.5) is 0 Å². The van der Waals surface area contributed by atoms with Crippen LogP contribution in [0.25, 0.3) is 22.2 Å². The normalized spacial score (nSPS) is 10.7. The van der Waals surface area contributed by atoms with Crippen molar-refractivity contribution in [3.05, 3.63) is 93.4 Å². The highest BCUT2D eigenvalue weighted by atomic mass is 79.9. The molecule has 3 nitrogen and oxygen atoms in total. The van der Waals surface area contributed by atoms with Crippen LogP contribution in [-0.2, 0) is 0 Å². The SMILES string of the molecule is O=C(Oc1ccc(Br)cc1)c1cc(-c2ccc(Br)cc2)nc2ccccc12. The van der Waals surface area contributed by atoms with Gasteiger partial charge in [-0.1, -0.05) is 62.2 Å². The van der Waals surface area contributed by atoms with E-state index in [1.54, 1.807) is 18.2 Å². The van der Waals surface area contributed by atoms with E-state index in [0.717, 1.165) is 31.1 Å². The van der Waals surface area contributed by atoms with Gasteiger partial charge in [0.15, 0.2) is 0 Å². The van der Waals surface area contributed by atoms with Crippen LogP contribution in [0.1, 0.15) is 10.4 Å². The first-order valence-corrected chi connectivity index (χ1v) is 9.82. The van der Waals surface area contributed by atoms with Gasteiger partial charge in [0.05, 0.1) is 16.8 Å². The molecule has 4 aromatic rings. The van der Waals surface area contributed by atoms with Crippen LogP contribution in [0.2, 0.25) is 0 Å². The molecule has 0 atom stereocenters. The largest absolute Gasteiger partial charge is 0.423 e. The number of ether oxygens (including phenoxy) is 1. The molecule has 0 unspecified atom stereocenters. The van der Waals surface area contributed by atoms with E-state index in [2.05, 4.69) is 31.9 Å². The number of hydrogen-bond donors (Lipinski definition) is 0. The van der Waals surface area contributed by atoms with Gasteiger partial charge in [0.25, 0.3) is 0 Å². The quantitative estimate of drug-likeness (QED) is 0.242. The van der Waals surface area contributed by atoms with Crippen LogP contribution in [0.15, 0.2) is 87.8 Å². The van der Waals surface area contributed by atoms with E-state index in [-0.39, 0.29) is 0 Å². The van der Waals surface area contributed by atoms with Gasteiger partial charge in [0.2, 0.25) is 0 Å². The van der Waals surface area contributed by atoms with Crippen molar-refractivity contribution in [2.45, 2.75) is 0 Å². The molecule has 1 heterocycles. The standard InChI is InChI=1S/C22H13Br2NO2/c23-15-7-5-14(6-8-15)21-13-19(18-3-1-2-4-20(18)25-21)22(26)27-17-11-9-16(24)10-12-17/h1-13H. The van der Waals surface area contributed by atoms with Crippen molar-refractivity contribution in [2.75, 3.05) is 0 Å². The number of carbonyl (C=O) groups excluding carboxylic acids is 1. The number of pyridine rings is 1. The van der Waals surface area contributed by atoms with Gasteiger partial charge in [-0.15, -0.1) is 0 Å². The molecule has 0 bridgehead atoms. The number of fused-ring (bicyclic) bond motifs is 1. The predicted octanol–water partition coefficient (Wildman–Crippen LogP) is 6.65. The van der Waals surface area contributed by atoms with Crippen molar-refractivity contribution in [2.24, 2.45) is 0 Å². The molecule has 0 radical (unpaired) electrons. The fourth-order valence-electron chi connectivity index (χ4n) is 2.78. The maximum absolute atomic E-state index is 12.9. The average molecular weight is 483 g/mol. The van der Waals surface area contributed by atoms with E-state index < -0.39 is 5.97 Å². The monoisotopic (exact) mass is 481 g/mol. The Bertz CT molecular complexity index is 1120. The number of esters is 1. The van der Waals surface area contributed by atoms with Crippen LogP contribution in [-0.4, -0.2) is 11.0 Å². The zero-order valence-corrected chi connectivity index (χ0v) is 17.2. The molecular weight excluding hydrogens is 470 g/mol. The highest BCUT2D eigenvalue weighted by molar-refractivity contribution is 9.10. The number of halogens is 2. The fourth-order valence-corrected chi connectivity index (χ4v) is 3.31. The summed E-state index contributed by atoms with van der Waals surface area (Å²) in [7, 11) is 0. The zero-order chi connectivity index (χ0) is 18.8. The van der Waals surface area contributed by atoms with E-state index in [0.29, 0.717) is 11.3 Å². The first kappa shape index (κ1) is 17.9. The molecule has 0 spiro atoms. The fraction of sp³-hybridized carbons (Fsp3) is 0. The molecule has 3 aromatic carbocycles. The summed E-state index contributed by atoms with van der Waals surface area (Å²) < 4.78 is 7.49. The number of rotatable bonds is 3. The van der Waals surface area contributed by atoms with Crippen LogP contribution < -0.4 is 4.74 Å². The molecule has 0 amide bonds. The number of para-hydroxylation sites is 1. The maximum atomic E-state index is 12.9. The summed E-state index contributed by atoms with van der Waals surface area (Å²) in [5, 5.41) is 0.764. The maximum Gasteiger partial charge on any atom is 0.344 e. The van der Waals surface area contributed by atoms with E-state index in [1.807, 2.05) is 60.7 Å². The van der Waals surface area contributed by atoms with E-state index in [1.165, 1.54) is 0 Å². The lowest BCUT2D eigenvalue weighted by atomic mass is 10.0. The molecule has 0 N–H and O–H groups in total. The Hall–Kier alpha value is -2.50. The Labute approximate surface area is 173 Å². The molecule has 0 fully saturated rings. The van der Waals surface area contributed by atoms with Crippen LogP contribution in [0.3, 0.4) is 0 Å². The summed E-state index contributed by atoms with van der Waals surface area (Å²) >= 11 is 6.82. The van der Waals surface area contributed by atoms with Gasteiger partial charge in [-0.2, -0.15) is 0 Å². The molecular formula is C22H13Br2NO2. The lowest BCUT2D eigenvalue weighted by Crippen LogP contribution is -2.10. The Kier molecular flexibility index (Phi) is 5.05. The second-order valence-corrected chi connectivity index (χ2v) is 7.75. The van der Waals surface area contributed by atoms with Crippen molar-refractivity contribution in [3.63, 3.8) is 0 Å². The van der Waals surface area contributed by atoms with Gasteiger partial charge >= 0.3 is 5.97 Å². The first-order valence-electron chi connectivity index (χ1n) is 8.23. The molecule has 0 saturated carbocycles. The zero-order valence-electron chi connectivity index (χ0n) is 14.0. The van der Waals surface area contributed by atoms with Gasteiger partial charge in [-0.05, 0) is 48.5 Å². The van der Waals surface area contributed by atoms with Crippen molar-refractivity contribution >= 4 is 48.7 Å². The second-order valence-electron chi connectivity index (χ2n) is 5.92. The smallest absolute Gasteiger partial charge is 0.344 e. The highest BCUT2D eigenvalue weighted by Crippen LogP contribution is 2.27. The molecule has 5 heteroatoms. The number of benzene rings is 3. The number of hydrogen-bond acceptors (Lipinski definition) is 3. The highest BCUT2D eigenvalue weighted by Gasteiger charge is 2.16. The summed E-state index contributed by atoms with van der Waals surface area (Å²) in [6.07, 6.45) is 0. The number of aromatic nitrogens is 1. The summed E-state index contributed by atoms with van der Waals surface area (Å²) in [5.74, 6) is 0.0866.